The first-order valence-electron chi connectivity index (χ1n) is 8.08. The molecule has 0 bridgehead atoms. The molecule has 0 saturated heterocycles. The van der Waals surface area contributed by atoms with Gasteiger partial charge in [0, 0.05) is 25.6 Å². The van der Waals surface area contributed by atoms with E-state index in [4.69, 9.17) is 0 Å². The first-order chi connectivity index (χ1) is 10.6. The van der Waals surface area contributed by atoms with Crippen LogP contribution in [0.25, 0.3) is 11.0 Å². The summed E-state index contributed by atoms with van der Waals surface area (Å²) in [5.41, 5.74) is 2.10. The zero-order valence-electron chi connectivity index (χ0n) is 14.0. The highest BCUT2D eigenvalue weighted by molar-refractivity contribution is 5.80. The summed E-state index contributed by atoms with van der Waals surface area (Å²) in [4.78, 5) is 12.6. The molecule has 0 radical (unpaired) electrons. The molecule has 1 aromatic heterocycles. The normalized spacial score (nSPS) is 13.6. The summed E-state index contributed by atoms with van der Waals surface area (Å²) in [6.07, 6.45) is 0.807. The van der Waals surface area contributed by atoms with Crippen LogP contribution in [0, 0.1) is 5.92 Å². The van der Waals surface area contributed by atoms with Gasteiger partial charge in [0.05, 0.1) is 11.0 Å². The Morgan fingerprint density at radius 1 is 1.27 bits per heavy atom. The minimum absolute atomic E-state index is 0.393. The fourth-order valence-electron chi connectivity index (χ4n) is 2.10. The average Bonchev–Trinajstić information content (AvgIpc) is 2.89. The molecule has 2 aromatic rings. The Bertz CT molecular complexity index is 581. The van der Waals surface area contributed by atoms with Gasteiger partial charge in [-0.05, 0) is 31.9 Å². The lowest BCUT2D eigenvalue weighted by atomic mass is 10.1. The van der Waals surface area contributed by atoms with Gasteiger partial charge in [-0.15, -0.1) is 0 Å². The number of imidazole rings is 1. The largest absolute Gasteiger partial charge is 0.357 e. The predicted octanol–water partition coefficient (Wildman–Crippen LogP) is 2.71. The van der Waals surface area contributed by atoms with Gasteiger partial charge in [-0.1, -0.05) is 26.0 Å². The molecule has 3 N–H and O–H groups in total. The van der Waals surface area contributed by atoms with E-state index in [1.165, 1.54) is 0 Å². The molecule has 1 unspecified atom stereocenters. The number of para-hydroxylation sites is 2. The third-order valence-electron chi connectivity index (χ3n) is 3.77. The third kappa shape index (κ3) is 4.48. The Morgan fingerprint density at radius 2 is 2.05 bits per heavy atom. The molecule has 0 saturated carbocycles. The zero-order chi connectivity index (χ0) is 15.9. The van der Waals surface area contributed by atoms with Gasteiger partial charge in [0.15, 0.2) is 5.96 Å². The van der Waals surface area contributed by atoms with E-state index in [0.717, 1.165) is 35.8 Å². The lowest BCUT2D eigenvalue weighted by Crippen LogP contribution is -2.44. The van der Waals surface area contributed by atoms with E-state index in [-0.39, 0.29) is 0 Å². The number of fused-ring (bicyclic) bond motifs is 1. The van der Waals surface area contributed by atoms with Crippen LogP contribution < -0.4 is 10.6 Å². The van der Waals surface area contributed by atoms with Crippen molar-refractivity contribution in [2.45, 2.75) is 40.2 Å². The number of nitrogens with zero attached hydrogens (tertiary/aromatic N) is 2. The van der Waals surface area contributed by atoms with Crippen molar-refractivity contribution < 1.29 is 0 Å². The second-order valence-electron chi connectivity index (χ2n) is 5.89. The molecule has 5 heteroatoms. The maximum Gasteiger partial charge on any atom is 0.191 e. The van der Waals surface area contributed by atoms with E-state index in [9.17, 15) is 0 Å². The van der Waals surface area contributed by atoms with Crippen LogP contribution >= 0.6 is 0 Å². The summed E-state index contributed by atoms with van der Waals surface area (Å²) in [5.74, 6) is 2.43. The number of hydrogen-bond donors (Lipinski definition) is 3. The summed E-state index contributed by atoms with van der Waals surface area (Å²) in [6, 6.07) is 8.48. The van der Waals surface area contributed by atoms with Gasteiger partial charge in [0.1, 0.15) is 5.82 Å². The van der Waals surface area contributed by atoms with Gasteiger partial charge >= 0.3 is 0 Å². The van der Waals surface area contributed by atoms with E-state index in [0.29, 0.717) is 18.5 Å². The molecule has 0 amide bonds. The second-order valence-corrected chi connectivity index (χ2v) is 5.89. The van der Waals surface area contributed by atoms with Crippen molar-refractivity contribution >= 4 is 17.0 Å². The summed E-state index contributed by atoms with van der Waals surface area (Å²) in [5, 5.41) is 6.73. The number of hydrogen-bond acceptors (Lipinski definition) is 2. The Balaban J connectivity index is 1.95. The molecule has 2 rings (SSSR count). The molecular weight excluding hydrogens is 274 g/mol. The number of H-pyrrole nitrogens is 1. The molecule has 0 aliphatic rings. The van der Waals surface area contributed by atoms with Crippen LogP contribution in [0.3, 0.4) is 0 Å². The van der Waals surface area contributed by atoms with Crippen LogP contribution in [-0.4, -0.2) is 35.1 Å². The second kappa shape index (κ2) is 7.82. The molecular formula is C17H27N5. The molecule has 5 nitrogen and oxygen atoms in total. The molecule has 0 aliphatic carbocycles. The van der Waals surface area contributed by atoms with Crippen LogP contribution in [0.1, 0.15) is 33.5 Å². The van der Waals surface area contributed by atoms with Crippen LogP contribution in [0.2, 0.25) is 0 Å². The van der Waals surface area contributed by atoms with E-state index in [1.807, 2.05) is 24.3 Å². The van der Waals surface area contributed by atoms with Crippen molar-refractivity contribution in [2.75, 3.05) is 13.1 Å². The number of nitrogens with one attached hydrogen (secondary N) is 3. The highest BCUT2D eigenvalue weighted by Crippen LogP contribution is 2.10. The van der Waals surface area contributed by atoms with Crippen LogP contribution in [0.5, 0.6) is 0 Å². The fourth-order valence-corrected chi connectivity index (χ4v) is 2.10. The van der Waals surface area contributed by atoms with Crippen molar-refractivity contribution in [1.82, 2.24) is 20.6 Å². The highest BCUT2D eigenvalue weighted by atomic mass is 15.2. The molecule has 0 aliphatic heterocycles. The Kier molecular flexibility index (Phi) is 5.81. The lowest BCUT2D eigenvalue weighted by Gasteiger charge is -2.20. The van der Waals surface area contributed by atoms with Gasteiger partial charge in [-0.3, -0.25) is 4.99 Å². The van der Waals surface area contributed by atoms with E-state index < -0.39 is 0 Å². The SMILES string of the molecule is CCNC(=NCCc1nc2ccccc2[nH]1)NC(C)C(C)C. The predicted molar refractivity (Wildman–Crippen MR) is 93.2 cm³/mol. The van der Waals surface area contributed by atoms with Crippen LogP contribution in [0.4, 0.5) is 0 Å². The standard InChI is InChI=1S/C17H27N5/c1-5-18-17(20-13(4)12(2)3)19-11-10-16-21-14-8-6-7-9-15(14)22-16/h6-9,12-13H,5,10-11H2,1-4H3,(H,21,22)(H2,18,19,20). The van der Waals surface area contributed by atoms with Crippen molar-refractivity contribution in [2.24, 2.45) is 10.9 Å². The average molecular weight is 301 g/mol. The minimum Gasteiger partial charge on any atom is -0.357 e. The highest BCUT2D eigenvalue weighted by Gasteiger charge is 2.08. The van der Waals surface area contributed by atoms with E-state index in [2.05, 4.69) is 53.3 Å². The summed E-state index contributed by atoms with van der Waals surface area (Å²) >= 11 is 0. The Labute approximate surface area is 132 Å². The zero-order valence-corrected chi connectivity index (χ0v) is 14.0. The number of aromatic amines is 1. The smallest absolute Gasteiger partial charge is 0.191 e. The first-order valence-corrected chi connectivity index (χ1v) is 8.08. The number of rotatable bonds is 6. The van der Waals surface area contributed by atoms with Crippen LogP contribution in [-0.2, 0) is 6.42 Å². The van der Waals surface area contributed by atoms with Crippen LogP contribution in [0.15, 0.2) is 29.3 Å². The van der Waals surface area contributed by atoms with Gasteiger partial charge in [-0.2, -0.15) is 0 Å². The number of aromatic nitrogens is 2. The summed E-state index contributed by atoms with van der Waals surface area (Å²) in [7, 11) is 0. The fraction of sp³-hybridized carbons (Fsp3) is 0.529. The molecule has 1 atom stereocenters. The Morgan fingerprint density at radius 3 is 2.73 bits per heavy atom. The summed E-state index contributed by atoms with van der Waals surface area (Å²) < 4.78 is 0. The summed E-state index contributed by atoms with van der Waals surface area (Å²) in [6.45, 7) is 10.2. The molecule has 22 heavy (non-hydrogen) atoms. The van der Waals surface area contributed by atoms with Crippen molar-refractivity contribution in [3.63, 3.8) is 0 Å². The first kappa shape index (κ1) is 16.3. The number of guanidine groups is 1. The molecule has 0 fully saturated rings. The van der Waals surface area contributed by atoms with Gasteiger partial charge < -0.3 is 15.6 Å². The van der Waals surface area contributed by atoms with Crippen molar-refractivity contribution in [1.29, 1.82) is 0 Å². The van der Waals surface area contributed by atoms with E-state index >= 15 is 0 Å². The number of benzene rings is 1. The quantitative estimate of drug-likeness (QED) is 0.568. The van der Waals surface area contributed by atoms with Gasteiger partial charge in [-0.25, -0.2) is 4.98 Å². The third-order valence-corrected chi connectivity index (χ3v) is 3.77. The maximum absolute atomic E-state index is 4.64. The monoisotopic (exact) mass is 301 g/mol. The number of aliphatic imine (C=N–C) groups is 1. The molecule has 1 heterocycles. The van der Waals surface area contributed by atoms with Crippen molar-refractivity contribution in [3.8, 4) is 0 Å². The molecule has 120 valence electrons. The maximum atomic E-state index is 4.64. The van der Waals surface area contributed by atoms with E-state index in [1.54, 1.807) is 0 Å². The van der Waals surface area contributed by atoms with Crippen molar-refractivity contribution in [3.05, 3.63) is 30.1 Å². The molecule has 1 aromatic carbocycles. The minimum atomic E-state index is 0.393. The van der Waals surface area contributed by atoms with Gasteiger partial charge in [0.2, 0.25) is 0 Å². The lowest BCUT2D eigenvalue weighted by molar-refractivity contribution is 0.481. The Hall–Kier alpha value is -2.04. The molecule has 0 spiro atoms. The van der Waals surface area contributed by atoms with Gasteiger partial charge in [0.25, 0.3) is 0 Å². The topological polar surface area (TPSA) is 65.1 Å².